The van der Waals surface area contributed by atoms with Crippen molar-refractivity contribution in [2.45, 2.75) is 25.2 Å². The van der Waals surface area contributed by atoms with Gasteiger partial charge in [-0.3, -0.25) is 0 Å². The van der Waals surface area contributed by atoms with Gasteiger partial charge in [0.15, 0.2) is 5.82 Å². The predicted molar refractivity (Wildman–Crippen MR) is 68.0 cm³/mol. The first-order chi connectivity index (χ1) is 9.26. The fraction of sp³-hybridized carbons (Fsp3) is 0.429. The SMILES string of the molecule is NCC(c1ccc(F)cc1)c1nc(CC2CC2)no1. The molecule has 1 saturated carbocycles. The summed E-state index contributed by atoms with van der Waals surface area (Å²) in [6.45, 7) is 0.358. The Morgan fingerprint density at radius 3 is 2.68 bits per heavy atom. The summed E-state index contributed by atoms with van der Waals surface area (Å²) < 4.78 is 18.2. The molecule has 100 valence electrons. The van der Waals surface area contributed by atoms with Crippen LogP contribution in [0.1, 0.15) is 36.0 Å². The summed E-state index contributed by atoms with van der Waals surface area (Å²) in [5.41, 5.74) is 6.67. The molecule has 3 rings (SSSR count). The Morgan fingerprint density at radius 1 is 1.32 bits per heavy atom. The number of nitrogens with two attached hydrogens (primary N) is 1. The standard InChI is InChI=1S/C14H16FN3O/c15-11-5-3-10(4-6-11)12(8-16)14-17-13(18-19-14)7-9-1-2-9/h3-6,9,12H,1-2,7-8,16H2. The summed E-state index contributed by atoms with van der Waals surface area (Å²) in [7, 11) is 0. The zero-order chi connectivity index (χ0) is 13.2. The summed E-state index contributed by atoms with van der Waals surface area (Å²) >= 11 is 0. The molecule has 1 unspecified atom stereocenters. The summed E-state index contributed by atoms with van der Waals surface area (Å²) in [6.07, 6.45) is 3.38. The Kier molecular flexibility index (Phi) is 3.29. The molecule has 0 saturated heterocycles. The van der Waals surface area contributed by atoms with Crippen molar-refractivity contribution < 1.29 is 8.91 Å². The van der Waals surface area contributed by atoms with Crippen LogP contribution in [-0.4, -0.2) is 16.7 Å². The minimum Gasteiger partial charge on any atom is -0.339 e. The second kappa shape index (κ2) is 5.09. The first-order valence-electron chi connectivity index (χ1n) is 6.54. The van der Waals surface area contributed by atoms with Gasteiger partial charge in [0, 0.05) is 13.0 Å². The van der Waals surface area contributed by atoms with Crippen molar-refractivity contribution in [3.05, 3.63) is 47.4 Å². The number of benzene rings is 1. The number of aromatic nitrogens is 2. The molecule has 19 heavy (non-hydrogen) atoms. The molecule has 2 aromatic rings. The summed E-state index contributed by atoms with van der Waals surface area (Å²) in [5.74, 6) is 1.55. The molecule has 0 aliphatic heterocycles. The quantitative estimate of drug-likeness (QED) is 0.896. The summed E-state index contributed by atoms with van der Waals surface area (Å²) in [6, 6.07) is 6.24. The van der Waals surface area contributed by atoms with Crippen molar-refractivity contribution in [3.8, 4) is 0 Å². The fourth-order valence-electron chi connectivity index (χ4n) is 2.15. The lowest BCUT2D eigenvalue weighted by Crippen LogP contribution is -2.14. The maximum atomic E-state index is 12.9. The van der Waals surface area contributed by atoms with Crippen molar-refractivity contribution in [2.75, 3.05) is 6.54 Å². The lowest BCUT2D eigenvalue weighted by molar-refractivity contribution is 0.361. The van der Waals surface area contributed by atoms with Crippen LogP contribution in [0.3, 0.4) is 0 Å². The number of hydrogen-bond donors (Lipinski definition) is 1. The van der Waals surface area contributed by atoms with E-state index in [0.717, 1.165) is 17.8 Å². The van der Waals surface area contributed by atoms with Gasteiger partial charge in [0.1, 0.15) is 5.82 Å². The first kappa shape index (κ1) is 12.3. The highest BCUT2D eigenvalue weighted by Gasteiger charge is 2.25. The molecule has 0 radical (unpaired) electrons. The van der Waals surface area contributed by atoms with Gasteiger partial charge in [0.2, 0.25) is 5.89 Å². The molecule has 0 amide bonds. The highest BCUT2D eigenvalue weighted by molar-refractivity contribution is 5.25. The van der Waals surface area contributed by atoms with Gasteiger partial charge in [-0.05, 0) is 36.5 Å². The van der Waals surface area contributed by atoms with Crippen LogP contribution in [0.2, 0.25) is 0 Å². The Morgan fingerprint density at radius 2 is 2.05 bits per heavy atom. The van der Waals surface area contributed by atoms with Crippen LogP contribution < -0.4 is 5.73 Å². The van der Waals surface area contributed by atoms with Gasteiger partial charge < -0.3 is 10.3 Å². The molecular weight excluding hydrogens is 245 g/mol. The highest BCUT2D eigenvalue weighted by atomic mass is 19.1. The third-order valence-corrected chi connectivity index (χ3v) is 3.46. The van der Waals surface area contributed by atoms with Crippen LogP contribution in [0.5, 0.6) is 0 Å². The Bertz CT molecular complexity index is 548. The largest absolute Gasteiger partial charge is 0.339 e. The molecule has 1 aliphatic rings. The molecule has 1 aromatic heterocycles. The molecule has 2 N–H and O–H groups in total. The van der Waals surface area contributed by atoms with Crippen LogP contribution >= 0.6 is 0 Å². The minimum absolute atomic E-state index is 0.166. The van der Waals surface area contributed by atoms with Crippen molar-refractivity contribution >= 4 is 0 Å². The third-order valence-electron chi connectivity index (χ3n) is 3.46. The van der Waals surface area contributed by atoms with Crippen molar-refractivity contribution in [3.63, 3.8) is 0 Å². The van der Waals surface area contributed by atoms with Crippen molar-refractivity contribution in [2.24, 2.45) is 11.7 Å². The predicted octanol–water partition coefficient (Wildman–Crippen LogP) is 2.25. The first-order valence-corrected chi connectivity index (χ1v) is 6.54. The maximum absolute atomic E-state index is 12.9. The van der Waals surface area contributed by atoms with Crippen molar-refractivity contribution in [1.29, 1.82) is 0 Å². The molecular formula is C14H16FN3O. The van der Waals surface area contributed by atoms with E-state index in [1.54, 1.807) is 12.1 Å². The van der Waals surface area contributed by atoms with E-state index in [9.17, 15) is 4.39 Å². The van der Waals surface area contributed by atoms with E-state index in [0.29, 0.717) is 18.4 Å². The van der Waals surface area contributed by atoms with Gasteiger partial charge in [0.05, 0.1) is 5.92 Å². The molecule has 5 heteroatoms. The van der Waals surface area contributed by atoms with Gasteiger partial charge in [-0.2, -0.15) is 4.98 Å². The van der Waals surface area contributed by atoms with E-state index in [1.165, 1.54) is 25.0 Å². The van der Waals surface area contributed by atoms with Gasteiger partial charge in [-0.25, -0.2) is 4.39 Å². The normalized spacial score (nSPS) is 16.5. The number of halogens is 1. The lowest BCUT2D eigenvalue weighted by atomic mass is 9.99. The summed E-state index contributed by atoms with van der Waals surface area (Å²) in [5, 5.41) is 3.99. The summed E-state index contributed by atoms with van der Waals surface area (Å²) in [4.78, 5) is 4.41. The lowest BCUT2D eigenvalue weighted by Gasteiger charge is -2.09. The van der Waals surface area contributed by atoms with Crippen LogP contribution in [0, 0.1) is 11.7 Å². The second-order valence-electron chi connectivity index (χ2n) is 5.04. The monoisotopic (exact) mass is 261 g/mol. The van der Waals surface area contributed by atoms with Crippen molar-refractivity contribution in [1.82, 2.24) is 10.1 Å². The Balaban J connectivity index is 1.80. The van der Waals surface area contributed by atoms with Crippen LogP contribution in [-0.2, 0) is 6.42 Å². The number of hydrogen-bond acceptors (Lipinski definition) is 4. The molecule has 0 spiro atoms. The van der Waals surface area contributed by atoms with Gasteiger partial charge in [0.25, 0.3) is 0 Å². The zero-order valence-electron chi connectivity index (χ0n) is 10.6. The maximum Gasteiger partial charge on any atom is 0.235 e. The minimum atomic E-state index is -0.264. The van der Waals surface area contributed by atoms with E-state index in [-0.39, 0.29) is 11.7 Å². The van der Waals surface area contributed by atoms with Gasteiger partial charge in [-0.15, -0.1) is 0 Å². The molecule has 4 nitrogen and oxygen atoms in total. The number of rotatable bonds is 5. The molecule has 1 fully saturated rings. The Hall–Kier alpha value is -1.75. The van der Waals surface area contributed by atoms with Gasteiger partial charge in [-0.1, -0.05) is 17.3 Å². The average molecular weight is 261 g/mol. The van der Waals surface area contributed by atoms with E-state index in [2.05, 4.69) is 10.1 Å². The average Bonchev–Trinajstić information content (AvgIpc) is 3.11. The van der Waals surface area contributed by atoms with E-state index < -0.39 is 0 Å². The molecule has 1 aromatic carbocycles. The zero-order valence-corrected chi connectivity index (χ0v) is 10.6. The Labute approximate surface area is 110 Å². The van der Waals surface area contributed by atoms with E-state index in [4.69, 9.17) is 10.3 Å². The third kappa shape index (κ3) is 2.81. The fourth-order valence-corrected chi connectivity index (χ4v) is 2.15. The molecule has 1 heterocycles. The second-order valence-corrected chi connectivity index (χ2v) is 5.04. The van der Waals surface area contributed by atoms with Gasteiger partial charge >= 0.3 is 0 Å². The number of nitrogens with zero attached hydrogens (tertiary/aromatic N) is 2. The van der Waals surface area contributed by atoms with Crippen LogP contribution in [0.25, 0.3) is 0 Å². The van der Waals surface area contributed by atoms with E-state index in [1.807, 2.05) is 0 Å². The molecule has 1 atom stereocenters. The topological polar surface area (TPSA) is 64.9 Å². The molecule has 1 aliphatic carbocycles. The van der Waals surface area contributed by atoms with Crippen LogP contribution in [0.15, 0.2) is 28.8 Å². The smallest absolute Gasteiger partial charge is 0.235 e. The van der Waals surface area contributed by atoms with E-state index >= 15 is 0 Å². The highest BCUT2D eigenvalue weighted by Crippen LogP contribution is 2.32. The van der Waals surface area contributed by atoms with Crippen LogP contribution in [0.4, 0.5) is 4.39 Å². The molecule has 0 bridgehead atoms.